The molecule has 0 unspecified atom stereocenters. The van der Waals surface area contributed by atoms with E-state index in [-0.39, 0.29) is 6.61 Å². The first-order valence-electron chi connectivity index (χ1n) is 7.38. The molecule has 1 aromatic carbocycles. The number of aliphatic hydroxyl groups excluding tert-OH is 1. The molecule has 3 N–H and O–H groups in total. The fraction of sp³-hybridized carbons (Fsp3) is 0.600. The van der Waals surface area contributed by atoms with E-state index in [4.69, 9.17) is 9.84 Å². The minimum atomic E-state index is 0.125. The molecule has 0 amide bonds. The zero-order valence-electron chi connectivity index (χ0n) is 11.9. The number of halogens is 1. The van der Waals surface area contributed by atoms with E-state index >= 15 is 0 Å². The van der Waals surface area contributed by atoms with E-state index in [1.54, 1.807) is 9.80 Å². The van der Waals surface area contributed by atoms with Gasteiger partial charge in [-0.2, -0.15) is 0 Å². The lowest BCUT2D eigenvalue weighted by Gasteiger charge is -2.29. The monoisotopic (exact) mass is 344 g/mol. The van der Waals surface area contributed by atoms with Gasteiger partial charge in [-0.15, -0.1) is 0 Å². The number of nitrogens with one attached hydrogen (secondary N) is 2. The van der Waals surface area contributed by atoms with Crippen LogP contribution < -0.4 is 9.80 Å². The minimum Gasteiger partial charge on any atom is -0.394 e. The maximum absolute atomic E-state index is 8.66. The van der Waals surface area contributed by atoms with Crippen LogP contribution in [-0.2, 0) is 11.3 Å². The third-order valence-electron chi connectivity index (χ3n) is 3.87. The number of hydrogen-bond acceptors (Lipinski definition) is 2. The Labute approximate surface area is 129 Å². The maximum Gasteiger partial charge on any atom is 0.127 e. The SMILES string of the molecule is OCCOCC[NH+]1CC[NH+](Cc2ccc(Br)cc2)CC1. The third-order valence-corrected chi connectivity index (χ3v) is 4.40. The Hall–Kier alpha value is -0.460. The Bertz CT molecular complexity index is 378. The summed E-state index contributed by atoms with van der Waals surface area (Å²) in [4.78, 5) is 3.30. The van der Waals surface area contributed by atoms with Crippen molar-refractivity contribution in [2.45, 2.75) is 6.54 Å². The second kappa shape index (κ2) is 8.74. The molecule has 112 valence electrons. The van der Waals surface area contributed by atoms with Crippen molar-refractivity contribution in [3.8, 4) is 0 Å². The van der Waals surface area contributed by atoms with Gasteiger partial charge < -0.3 is 19.6 Å². The number of benzene rings is 1. The van der Waals surface area contributed by atoms with Crippen LogP contribution in [0.2, 0.25) is 0 Å². The topological polar surface area (TPSA) is 38.3 Å². The van der Waals surface area contributed by atoms with E-state index in [2.05, 4.69) is 40.2 Å². The second-order valence-electron chi connectivity index (χ2n) is 5.39. The van der Waals surface area contributed by atoms with Crippen LogP contribution in [0, 0.1) is 0 Å². The molecule has 0 atom stereocenters. The Kier molecular flexibility index (Phi) is 6.96. The number of rotatable bonds is 7. The van der Waals surface area contributed by atoms with Gasteiger partial charge in [0.1, 0.15) is 39.3 Å². The van der Waals surface area contributed by atoms with Crippen molar-refractivity contribution in [3.05, 3.63) is 34.3 Å². The van der Waals surface area contributed by atoms with E-state index in [9.17, 15) is 0 Å². The number of aliphatic hydroxyl groups is 1. The highest BCUT2D eigenvalue weighted by Gasteiger charge is 2.22. The summed E-state index contributed by atoms with van der Waals surface area (Å²) in [6.45, 7) is 8.43. The molecule has 1 aliphatic rings. The molecule has 0 radical (unpaired) electrons. The Morgan fingerprint density at radius 1 is 1.00 bits per heavy atom. The summed E-state index contributed by atoms with van der Waals surface area (Å²) >= 11 is 3.48. The van der Waals surface area contributed by atoms with Crippen molar-refractivity contribution in [1.29, 1.82) is 0 Å². The molecule has 1 heterocycles. The molecule has 0 aromatic heterocycles. The lowest BCUT2D eigenvalue weighted by molar-refractivity contribution is -1.02. The number of piperazine rings is 1. The van der Waals surface area contributed by atoms with Crippen molar-refractivity contribution in [2.75, 3.05) is 52.5 Å². The summed E-state index contributed by atoms with van der Waals surface area (Å²) in [5.41, 5.74) is 1.41. The largest absolute Gasteiger partial charge is 0.394 e. The molecule has 1 fully saturated rings. The molecular formula is C15H25BrN2O2+2. The Balaban J connectivity index is 1.65. The molecule has 4 nitrogen and oxygen atoms in total. The molecule has 2 rings (SSSR count). The number of ether oxygens (including phenoxy) is 1. The van der Waals surface area contributed by atoms with Crippen LogP contribution in [0.4, 0.5) is 0 Å². The fourth-order valence-corrected chi connectivity index (χ4v) is 2.92. The van der Waals surface area contributed by atoms with Crippen molar-refractivity contribution in [3.63, 3.8) is 0 Å². The molecule has 5 heteroatoms. The fourth-order valence-electron chi connectivity index (χ4n) is 2.66. The molecule has 20 heavy (non-hydrogen) atoms. The summed E-state index contributed by atoms with van der Waals surface area (Å²) in [6, 6.07) is 8.65. The summed E-state index contributed by atoms with van der Waals surface area (Å²) in [5.74, 6) is 0. The molecule has 0 saturated carbocycles. The van der Waals surface area contributed by atoms with Crippen molar-refractivity contribution < 1.29 is 19.6 Å². The summed E-state index contributed by atoms with van der Waals surface area (Å²) in [6.07, 6.45) is 0. The maximum atomic E-state index is 8.66. The van der Waals surface area contributed by atoms with Gasteiger partial charge in [0.05, 0.1) is 19.8 Å². The van der Waals surface area contributed by atoms with Gasteiger partial charge in [0.25, 0.3) is 0 Å². The highest BCUT2D eigenvalue weighted by Crippen LogP contribution is 2.09. The summed E-state index contributed by atoms with van der Waals surface area (Å²) < 4.78 is 6.48. The average molecular weight is 345 g/mol. The summed E-state index contributed by atoms with van der Waals surface area (Å²) in [5, 5.41) is 8.66. The standard InChI is InChI=1S/C15H23BrN2O2/c16-15-3-1-14(2-4-15)13-18-7-5-17(6-8-18)9-11-20-12-10-19/h1-4,19H,5-13H2/p+2. The molecule has 0 bridgehead atoms. The van der Waals surface area contributed by atoms with E-state index < -0.39 is 0 Å². The Morgan fingerprint density at radius 2 is 1.65 bits per heavy atom. The van der Waals surface area contributed by atoms with E-state index in [1.165, 1.54) is 31.7 Å². The molecule has 1 aliphatic heterocycles. The van der Waals surface area contributed by atoms with E-state index in [1.807, 2.05) is 0 Å². The molecule has 1 aromatic rings. The lowest BCUT2D eigenvalue weighted by Crippen LogP contribution is -3.27. The smallest absolute Gasteiger partial charge is 0.127 e. The van der Waals surface area contributed by atoms with Gasteiger partial charge in [-0.05, 0) is 12.1 Å². The molecular weight excluding hydrogens is 320 g/mol. The van der Waals surface area contributed by atoms with Crippen LogP contribution in [0.5, 0.6) is 0 Å². The second-order valence-corrected chi connectivity index (χ2v) is 6.30. The minimum absolute atomic E-state index is 0.125. The predicted octanol–water partition coefficient (Wildman–Crippen LogP) is -1.26. The predicted molar refractivity (Wildman–Crippen MR) is 82.0 cm³/mol. The van der Waals surface area contributed by atoms with E-state index in [0.29, 0.717) is 6.61 Å². The third kappa shape index (κ3) is 5.50. The zero-order chi connectivity index (χ0) is 14.2. The number of hydrogen-bond donors (Lipinski definition) is 3. The van der Waals surface area contributed by atoms with E-state index in [0.717, 1.165) is 24.2 Å². The average Bonchev–Trinajstić information content (AvgIpc) is 2.48. The van der Waals surface area contributed by atoms with Gasteiger partial charge in [0.2, 0.25) is 0 Å². The first-order valence-corrected chi connectivity index (χ1v) is 8.17. The summed E-state index contributed by atoms with van der Waals surface area (Å²) in [7, 11) is 0. The van der Waals surface area contributed by atoms with Gasteiger partial charge in [-0.3, -0.25) is 0 Å². The normalized spacial score (nSPS) is 22.9. The van der Waals surface area contributed by atoms with Crippen LogP contribution in [0.3, 0.4) is 0 Å². The lowest BCUT2D eigenvalue weighted by atomic mass is 10.2. The molecule has 1 saturated heterocycles. The van der Waals surface area contributed by atoms with Crippen LogP contribution in [0.1, 0.15) is 5.56 Å². The molecule has 0 aliphatic carbocycles. The first-order chi connectivity index (χ1) is 9.78. The van der Waals surface area contributed by atoms with Gasteiger partial charge in [-0.25, -0.2) is 0 Å². The van der Waals surface area contributed by atoms with Gasteiger partial charge in [0.15, 0.2) is 0 Å². The van der Waals surface area contributed by atoms with Gasteiger partial charge in [0, 0.05) is 10.0 Å². The molecule has 0 spiro atoms. The highest BCUT2D eigenvalue weighted by atomic mass is 79.9. The van der Waals surface area contributed by atoms with Gasteiger partial charge in [-0.1, -0.05) is 28.1 Å². The van der Waals surface area contributed by atoms with Crippen LogP contribution in [-0.4, -0.2) is 57.7 Å². The van der Waals surface area contributed by atoms with Crippen molar-refractivity contribution in [2.24, 2.45) is 0 Å². The number of quaternary nitrogens is 2. The highest BCUT2D eigenvalue weighted by molar-refractivity contribution is 9.10. The van der Waals surface area contributed by atoms with Crippen LogP contribution >= 0.6 is 15.9 Å². The van der Waals surface area contributed by atoms with Crippen LogP contribution in [0.25, 0.3) is 0 Å². The quantitative estimate of drug-likeness (QED) is 0.540. The van der Waals surface area contributed by atoms with Crippen molar-refractivity contribution in [1.82, 2.24) is 0 Å². The zero-order valence-corrected chi connectivity index (χ0v) is 13.5. The van der Waals surface area contributed by atoms with Crippen molar-refractivity contribution >= 4 is 15.9 Å². The first kappa shape index (κ1) is 15.9. The Morgan fingerprint density at radius 3 is 2.30 bits per heavy atom. The van der Waals surface area contributed by atoms with Crippen LogP contribution in [0.15, 0.2) is 28.7 Å². The van der Waals surface area contributed by atoms with Gasteiger partial charge >= 0.3 is 0 Å².